The van der Waals surface area contributed by atoms with Gasteiger partial charge in [-0.05, 0) is 81.7 Å². The van der Waals surface area contributed by atoms with Crippen LogP contribution in [0.15, 0.2) is 46.2 Å². The van der Waals surface area contributed by atoms with Gasteiger partial charge in [-0.1, -0.05) is 0 Å². The van der Waals surface area contributed by atoms with Crippen molar-refractivity contribution in [3.63, 3.8) is 0 Å². The number of nitrogens with zero attached hydrogens (tertiary/aromatic N) is 2. The third-order valence-corrected chi connectivity index (χ3v) is 11.6. The molecule has 2 saturated carbocycles. The van der Waals surface area contributed by atoms with Crippen molar-refractivity contribution in [1.29, 1.82) is 0 Å². The minimum absolute atomic E-state index is 0.0167. The molecule has 42 heavy (non-hydrogen) atoms. The number of alkyl halides is 3. The molecule has 2 aromatic rings. The lowest BCUT2D eigenvalue weighted by molar-refractivity contribution is -0.151. The molecule has 2 fully saturated rings. The summed E-state index contributed by atoms with van der Waals surface area (Å²) in [5.41, 5.74) is -1.65. The number of sulfonamides is 1. The number of hydrogen-bond acceptors (Lipinski definition) is 6. The molecule has 0 saturated heterocycles. The number of carboxylic acids is 1. The quantitative estimate of drug-likeness (QED) is 0.295. The second-order valence-corrected chi connectivity index (χ2v) is 15.4. The maximum absolute atomic E-state index is 14.7. The second kappa shape index (κ2) is 10.9. The molecule has 1 aliphatic heterocycles. The number of halogens is 4. The van der Waals surface area contributed by atoms with Gasteiger partial charge in [-0.25, -0.2) is 30.8 Å². The number of ether oxygens (including phenoxy) is 1. The Labute approximate surface area is 247 Å². The van der Waals surface area contributed by atoms with Gasteiger partial charge in [0.2, 0.25) is 21.6 Å². The Hall–Kier alpha value is -2.51. The van der Waals surface area contributed by atoms with Crippen molar-refractivity contribution in [2.45, 2.75) is 85.0 Å². The van der Waals surface area contributed by atoms with Crippen molar-refractivity contribution in [2.75, 3.05) is 25.1 Å². The highest BCUT2D eigenvalue weighted by Crippen LogP contribution is 2.64. The normalized spacial score (nSPS) is 23.0. The standard InChI is InChI=1S/C29H34F4N2O5S2/c1-27(31,26(36)37)17-40-23-13-25-22(12-24(23)41-21-14-29(15-21)10-11-29)35(19-6-4-18(30)5-7-19)16-20(8-9-28(2,32)33)34(3)42(25,38)39/h4-7,12-13,20-21H,8-11,14-17H2,1-3H3,(H,36,37)/t20-,27-/m1/s1. The van der Waals surface area contributed by atoms with E-state index in [4.69, 9.17) is 4.74 Å². The third-order valence-electron chi connectivity index (χ3n) is 8.45. The van der Waals surface area contributed by atoms with Crippen LogP contribution >= 0.6 is 11.8 Å². The number of carboxylic acid groups (broad SMARTS) is 1. The van der Waals surface area contributed by atoms with Crippen molar-refractivity contribution in [1.82, 2.24) is 4.31 Å². The number of likely N-dealkylation sites (N-methyl/N-ethyl adjacent to an activating group) is 1. The van der Waals surface area contributed by atoms with E-state index in [2.05, 4.69) is 0 Å². The molecule has 2 aromatic carbocycles. The average Bonchev–Trinajstić information content (AvgIpc) is 3.68. The molecule has 0 aromatic heterocycles. The van der Waals surface area contributed by atoms with Gasteiger partial charge in [-0.2, -0.15) is 4.31 Å². The largest absolute Gasteiger partial charge is 0.488 e. The fourth-order valence-corrected chi connectivity index (χ4v) is 8.73. The minimum Gasteiger partial charge on any atom is -0.488 e. The Balaban J connectivity index is 1.61. The van der Waals surface area contributed by atoms with E-state index in [9.17, 15) is 35.9 Å². The predicted octanol–water partition coefficient (Wildman–Crippen LogP) is 6.63. The van der Waals surface area contributed by atoms with Gasteiger partial charge < -0.3 is 14.7 Å². The Morgan fingerprint density at radius 3 is 2.36 bits per heavy atom. The zero-order valence-electron chi connectivity index (χ0n) is 23.6. The summed E-state index contributed by atoms with van der Waals surface area (Å²) >= 11 is 1.46. The summed E-state index contributed by atoms with van der Waals surface area (Å²) in [6.45, 7) is 0.807. The fourth-order valence-electron chi connectivity index (χ4n) is 5.52. The first-order chi connectivity index (χ1) is 19.5. The number of benzene rings is 2. The van der Waals surface area contributed by atoms with Gasteiger partial charge in [0.15, 0.2) is 0 Å². The number of anilines is 2. The summed E-state index contributed by atoms with van der Waals surface area (Å²) in [5, 5.41) is 9.48. The molecule has 0 bridgehead atoms. The summed E-state index contributed by atoms with van der Waals surface area (Å²) < 4.78 is 91.0. The lowest BCUT2D eigenvalue weighted by Crippen LogP contribution is -2.41. The third kappa shape index (κ3) is 6.37. The minimum atomic E-state index is -4.29. The Morgan fingerprint density at radius 1 is 1.14 bits per heavy atom. The van der Waals surface area contributed by atoms with E-state index >= 15 is 0 Å². The van der Waals surface area contributed by atoms with Crippen LogP contribution in [-0.2, 0) is 14.8 Å². The first-order valence-corrected chi connectivity index (χ1v) is 16.1. The number of aliphatic carboxylic acids is 1. The van der Waals surface area contributed by atoms with Crippen LogP contribution in [0, 0.1) is 11.2 Å². The van der Waals surface area contributed by atoms with Crippen molar-refractivity contribution in [2.24, 2.45) is 5.41 Å². The van der Waals surface area contributed by atoms with Crippen molar-refractivity contribution < 1.29 is 40.6 Å². The molecule has 1 heterocycles. The van der Waals surface area contributed by atoms with Gasteiger partial charge >= 0.3 is 5.97 Å². The summed E-state index contributed by atoms with van der Waals surface area (Å²) in [6, 6.07) is 7.47. The average molecular weight is 631 g/mol. The number of carbonyl (C=O) groups is 1. The van der Waals surface area contributed by atoms with Crippen LogP contribution in [0.5, 0.6) is 5.75 Å². The maximum atomic E-state index is 14.7. The Morgan fingerprint density at radius 2 is 1.79 bits per heavy atom. The molecule has 7 nitrogen and oxygen atoms in total. The fraction of sp³-hybridized carbons (Fsp3) is 0.552. The van der Waals surface area contributed by atoms with Crippen molar-refractivity contribution in [3.8, 4) is 5.75 Å². The highest BCUT2D eigenvalue weighted by atomic mass is 32.2. The summed E-state index contributed by atoms with van der Waals surface area (Å²) in [6.07, 6.45) is 3.59. The second-order valence-electron chi connectivity index (χ2n) is 12.1. The van der Waals surface area contributed by atoms with Crippen LogP contribution in [0.4, 0.5) is 28.9 Å². The van der Waals surface area contributed by atoms with E-state index in [-0.39, 0.29) is 34.5 Å². The lowest BCUT2D eigenvalue weighted by Gasteiger charge is -2.36. The molecular formula is C29H34F4N2O5S2. The number of hydrogen-bond donors (Lipinski definition) is 1. The van der Waals surface area contributed by atoms with Crippen LogP contribution in [0.1, 0.15) is 52.4 Å². The Bertz CT molecular complexity index is 1450. The maximum Gasteiger partial charge on any atom is 0.344 e. The monoisotopic (exact) mass is 630 g/mol. The number of thioether (sulfide) groups is 1. The lowest BCUT2D eigenvalue weighted by atomic mass is 9.81. The number of rotatable bonds is 10. The SMILES string of the molecule is CN1[C@H](CCC(C)(F)F)CN(c2ccc(F)cc2)c2cc(SC3CC4(CC4)C3)c(OC[C@@](C)(F)C(=O)O)cc2S1(=O)=O. The zero-order valence-corrected chi connectivity index (χ0v) is 25.2. The number of fused-ring (bicyclic) bond motifs is 1. The molecule has 1 spiro atoms. The highest BCUT2D eigenvalue weighted by molar-refractivity contribution is 8.00. The van der Waals surface area contributed by atoms with Crippen molar-refractivity contribution in [3.05, 3.63) is 42.2 Å². The van der Waals surface area contributed by atoms with Crippen molar-refractivity contribution >= 4 is 39.1 Å². The molecule has 230 valence electrons. The Kier molecular flexibility index (Phi) is 8.02. The smallest absolute Gasteiger partial charge is 0.344 e. The topological polar surface area (TPSA) is 87.2 Å². The molecule has 2 aliphatic carbocycles. The van der Waals surface area contributed by atoms with Gasteiger partial charge in [0.05, 0.1) is 10.6 Å². The highest BCUT2D eigenvalue weighted by Gasteiger charge is 2.53. The molecule has 0 unspecified atom stereocenters. The van der Waals surface area contributed by atoms with Gasteiger partial charge in [-0.15, -0.1) is 11.8 Å². The van der Waals surface area contributed by atoms with E-state index < -0.39 is 52.5 Å². The molecular weight excluding hydrogens is 596 g/mol. The van der Waals surface area contributed by atoms with Crippen LogP contribution < -0.4 is 9.64 Å². The van der Waals surface area contributed by atoms with E-state index in [0.29, 0.717) is 16.0 Å². The first-order valence-electron chi connectivity index (χ1n) is 13.8. The zero-order chi connectivity index (χ0) is 30.7. The van der Waals surface area contributed by atoms with E-state index in [0.717, 1.165) is 43.8 Å². The van der Waals surface area contributed by atoms with Gasteiger partial charge in [0, 0.05) is 43.1 Å². The summed E-state index contributed by atoms with van der Waals surface area (Å²) in [7, 11) is -2.97. The predicted molar refractivity (Wildman–Crippen MR) is 152 cm³/mol. The molecule has 3 aliphatic rings. The summed E-state index contributed by atoms with van der Waals surface area (Å²) in [4.78, 5) is 13.4. The first kappa shape index (κ1) is 30.9. The molecule has 0 amide bonds. The van der Waals surface area contributed by atoms with Gasteiger partial charge in [0.1, 0.15) is 23.1 Å². The van der Waals surface area contributed by atoms with Gasteiger partial charge in [-0.3, -0.25) is 0 Å². The molecule has 5 rings (SSSR count). The summed E-state index contributed by atoms with van der Waals surface area (Å²) in [5.74, 6) is -5.20. The van der Waals surface area contributed by atoms with E-state index in [1.165, 1.54) is 49.1 Å². The molecule has 0 radical (unpaired) electrons. The van der Waals surface area contributed by atoms with Gasteiger partial charge in [0.25, 0.3) is 0 Å². The van der Waals surface area contributed by atoms with Crippen LogP contribution in [0.25, 0.3) is 0 Å². The van der Waals surface area contributed by atoms with Crippen LogP contribution in [0.2, 0.25) is 0 Å². The molecule has 13 heteroatoms. The molecule has 1 N–H and O–H groups in total. The van der Waals surface area contributed by atoms with E-state index in [1.54, 1.807) is 11.0 Å². The molecule has 2 atom stereocenters. The van der Waals surface area contributed by atoms with Crippen LogP contribution in [-0.4, -0.2) is 66.9 Å². The van der Waals surface area contributed by atoms with E-state index in [1.807, 2.05) is 0 Å². The van der Waals surface area contributed by atoms with Crippen LogP contribution in [0.3, 0.4) is 0 Å².